The van der Waals surface area contributed by atoms with Crippen LogP contribution in [-0.4, -0.2) is 30.6 Å². The molecule has 0 spiro atoms. The van der Waals surface area contributed by atoms with E-state index < -0.39 is 0 Å². The van der Waals surface area contributed by atoms with Gasteiger partial charge in [-0.15, -0.1) is 6.58 Å². The lowest BCUT2D eigenvalue weighted by Gasteiger charge is -2.45. The summed E-state index contributed by atoms with van der Waals surface area (Å²) < 4.78 is 0. The van der Waals surface area contributed by atoms with E-state index >= 15 is 0 Å². The summed E-state index contributed by atoms with van der Waals surface area (Å²) in [7, 11) is 4.24. The molecule has 15 heavy (non-hydrogen) atoms. The maximum atomic E-state index is 5.68. The Balaban J connectivity index is 4.91. The molecule has 1 atom stereocenters. The molecule has 3 N–H and O–H groups in total. The molecule has 0 rings (SSSR count). The Hall–Kier alpha value is -0.380. The zero-order valence-corrected chi connectivity index (χ0v) is 10.9. The number of nitrogens with one attached hydrogen (secondary N) is 1. The van der Waals surface area contributed by atoms with Gasteiger partial charge in [0.05, 0.1) is 0 Å². The second kappa shape index (κ2) is 6.26. The number of nitrogens with zero attached hydrogens (tertiary/aromatic N) is 1. The van der Waals surface area contributed by atoms with Gasteiger partial charge in [-0.1, -0.05) is 19.4 Å². The number of nitrogens with two attached hydrogens (primary N) is 1. The van der Waals surface area contributed by atoms with Crippen LogP contribution in [0.3, 0.4) is 0 Å². The van der Waals surface area contributed by atoms with Gasteiger partial charge in [0, 0.05) is 11.6 Å². The van der Waals surface area contributed by atoms with Crippen LogP contribution < -0.4 is 11.3 Å². The number of hydrogen-bond acceptors (Lipinski definition) is 3. The molecule has 0 bridgehead atoms. The van der Waals surface area contributed by atoms with Gasteiger partial charge in [-0.05, 0) is 40.3 Å². The minimum atomic E-state index is 0.119. The van der Waals surface area contributed by atoms with Gasteiger partial charge in [0.15, 0.2) is 0 Å². The molecule has 0 saturated carbocycles. The molecule has 0 amide bonds. The van der Waals surface area contributed by atoms with E-state index in [4.69, 9.17) is 5.84 Å². The highest BCUT2D eigenvalue weighted by molar-refractivity contribution is 5.03. The summed E-state index contributed by atoms with van der Waals surface area (Å²) in [6.45, 7) is 10.5. The number of hydrazine groups is 1. The minimum absolute atomic E-state index is 0.119. The standard InChI is InChI=1S/C12H27N3/c1-7-12(8-2,15(5)6)11(14-13)9-10(3)4/h11,14H,3,7-9,13H2,1-2,4-6H3. The van der Waals surface area contributed by atoms with Crippen molar-refractivity contribution < 1.29 is 0 Å². The topological polar surface area (TPSA) is 41.3 Å². The van der Waals surface area contributed by atoms with Crippen LogP contribution in [0.5, 0.6) is 0 Å². The van der Waals surface area contributed by atoms with E-state index in [1.807, 2.05) is 0 Å². The van der Waals surface area contributed by atoms with E-state index in [9.17, 15) is 0 Å². The van der Waals surface area contributed by atoms with Crippen molar-refractivity contribution in [2.75, 3.05) is 14.1 Å². The summed E-state index contributed by atoms with van der Waals surface area (Å²) >= 11 is 0. The maximum absolute atomic E-state index is 5.68. The molecule has 0 saturated heterocycles. The van der Waals surface area contributed by atoms with E-state index in [2.05, 4.69) is 51.8 Å². The monoisotopic (exact) mass is 213 g/mol. The van der Waals surface area contributed by atoms with E-state index in [1.165, 1.54) is 5.57 Å². The van der Waals surface area contributed by atoms with Crippen LogP contribution in [0.25, 0.3) is 0 Å². The summed E-state index contributed by atoms with van der Waals surface area (Å²) in [5.41, 5.74) is 4.25. The van der Waals surface area contributed by atoms with E-state index in [-0.39, 0.29) is 11.6 Å². The minimum Gasteiger partial charge on any atom is -0.302 e. The fraction of sp³-hybridized carbons (Fsp3) is 0.833. The molecule has 0 radical (unpaired) electrons. The number of rotatable bonds is 7. The molecule has 1 unspecified atom stereocenters. The molecule has 0 fully saturated rings. The maximum Gasteiger partial charge on any atom is 0.0431 e. The molecule has 0 aromatic rings. The van der Waals surface area contributed by atoms with Crippen molar-refractivity contribution in [2.24, 2.45) is 5.84 Å². The fourth-order valence-electron chi connectivity index (χ4n) is 2.44. The quantitative estimate of drug-likeness (QED) is 0.385. The highest BCUT2D eigenvalue weighted by atomic mass is 15.3. The van der Waals surface area contributed by atoms with Crippen molar-refractivity contribution in [3.63, 3.8) is 0 Å². The van der Waals surface area contributed by atoms with Crippen LogP contribution in [0.15, 0.2) is 12.2 Å². The largest absolute Gasteiger partial charge is 0.302 e. The summed E-state index contributed by atoms with van der Waals surface area (Å²) in [6.07, 6.45) is 3.09. The zero-order valence-electron chi connectivity index (χ0n) is 10.9. The first kappa shape index (κ1) is 14.6. The summed E-state index contributed by atoms with van der Waals surface area (Å²) in [4.78, 5) is 2.28. The van der Waals surface area contributed by atoms with Crippen molar-refractivity contribution in [1.29, 1.82) is 0 Å². The van der Waals surface area contributed by atoms with Gasteiger partial charge in [0.1, 0.15) is 0 Å². The predicted octanol–water partition coefficient (Wildman–Crippen LogP) is 1.90. The third-order valence-electron chi connectivity index (χ3n) is 3.52. The third kappa shape index (κ3) is 3.30. The average molecular weight is 213 g/mol. The van der Waals surface area contributed by atoms with Crippen LogP contribution in [0.2, 0.25) is 0 Å². The Kier molecular flexibility index (Phi) is 6.10. The van der Waals surface area contributed by atoms with Gasteiger partial charge >= 0.3 is 0 Å². The van der Waals surface area contributed by atoms with Gasteiger partial charge in [-0.2, -0.15) is 0 Å². The number of hydrogen-bond donors (Lipinski definition) is 2. The molecule has 90 valence electrons. The smallest absolute Gasteiger partial charge is 0.0431 e. The molecule has 0 aliphatic carbocycles. The highest BCUT2D eigenvalue weighted by Gasteiger charge is 2.36. The second-order valence-corrected chi connectivity index (χ2v) is 4.59. The SMILES string of the molecule is C=C(C)CC(NN)C(CC)(CC)N(C)C. The van der Waals surface area contributed by atoms with Crippen LogP contribution in [0, 0.1) is 0 Å². The van der Waals surface area contributed by atoms with Gasteiger partial charge in [0.2, 0.25) is 0 Å². The van der Waals surface area contributed by atoms with E-state index in [1.54, 1.807) is 0 Å². The summed E-state index contributed by atoms with van der Waals surface area (Å²) in [6, 6.07) is 0.264. The summed E-state index contributed by atoms with van der Waals surface area (Å²) in [5.74, 6) is 5.68. The van der Waals surface area contributed by atoms with Crippen LogP contribution in [0.4, 0.5) is 0 Å². The molecule has 0 aliphatic heterocycles. The fourth-order valence-corrected chi connectivity index (χ4v) is 2.44. The Bertz CT molecular complexity index is 195. The average Bonchev–Trinajstić information content (AvgIpc) is 2.17. The zero-order chi connectivity index (χ0) is 12.1. The Morgan fingerprint density at radius 3 is 2.07 bits per heavy atom. The first-order chi connectivity index (χ1) is 6.94. The van der Waals surface area contributed by atoms with Gasteiger partial charge in [-0.25, -0.2) is 0 Å². The Labute approximate surface area is 94.7 Å². The molecule has 3 heteroatoms. The highest BCUT2D eigenvalue weighted by Crippen LogP contribution is 2.28. The Morgan fingerprint density at radius 1 is 1.40 bits per heavy atom. The lowest BCUT2D eigenvalue weighted by molar-refractivity contribution is 0.0883. The van der Waals surface area contributed by atoms with Crippen LogP contribution >= 0.6 is 0 Å². The first-order valence-corrected chi connectivity index (χ1v) is 5.72. The molecule has 0 aliphatic rings. The third-order valence-corrected chi connectivity index (χ3v) is 3.52. The first-order valence-electron chi connectivity index (χ1n) is 5.72. The lowest BCUT2D eigenvalue weighted by Crippen LogP contribution is -2.60. The van der Waals surface area contributed by atoms with Crippen molar-refractivity contribution in [3.8, 4) is 0 Å². The van der Waals surface area contributed by atoms with Gasteiger partial charge in [-0.3, -0.25) is 11.3 Å². The second-order valence-electron chi connectivity index (χ2n) is 4.59. The summed E-state index contributed by atoms with van der Waals surface area (Å²) in [5, 5.41) is 0. The van der Waals surface area contributed by atoms with Crippen LogP contribution in [0.1, 0.15) is 40.0 Å². The van der Waals surface area contributed by atoms with E-state index in [0.29, 0.717) is 0 Å². The molecular weight excluding hydrogens is 186 g/mol. The molecule has 0 aromatic carbocycles. The predicted molar refractivity (Wildman–Crippen MR) is 67.5 cm³/mol. The van der Waals surface area contributed by atoms with Crippen molar-refractivity contribution in [1.82, 2.24) is 10.3 Å². The van der Waals surface area contributed by atoms with Gasteiger partial charge in [0.25, 0.3) is 0 Å². The molecule has 0 aromatic heterocycles. The van der Waals surface area contributed by atoms with Gasteiger partial charge < -0.3 is 4.90 Å². The van der Waals surface area contributed by atoms with Crippen LogP contribution in [-0.2, 0) is 0 Å². The van der Waals surface area contributed by atoms with Crippen molar-refractivity contribution in [3.05, 3.63) is 12.2 Å². The normalized spacial score (nSPS) is 14.3. The van der Waals surface area contributed by atoms with E-state index in [0.717, 1.165) is 19.3 Å². The Morgan fingerprint density at radius 2 is 1.87 bits per heavy atom. The number of likely N-dealkylation sites (N-methyl/N-ethyl adjacent to an activating group) is 1. The molecule has 3 nitrogen and oxygen atoms in total. The molecule has 0 heterocycles. The molecular formula is C12H27N3. The van der Waals surface area contributed by atoms with Crippen molar-refractivity contribution in [2.45, 2.75) is 51.6 Å². The van der Waals surface area contributed by atoms with Crippen molar-refractivity contribution >= 4 is 0 Å². The lowest BCUT2D eigenvalue weighted by atomic mass is 9.81.